The summed E-state index contributed by atoms with van der Waals surface area (Å²) in [6, 6.07) is 6.14. The summed E-state index contributed by atoms with van der Waals surface area (Å²) >= 11 is 1.41. The summed E-state index contributed by atoms with van der Waals surface area (Å²) in [4.78, 5) is 8.54. The fraction of sp³-hybridized carbons (Fsp3) is 0.200. The predicted octanol–water partition coefficient (Wildman–Crippen LogP) is 3.15. The molecule has 23 heavy (non-hydrogen) atoms. The van der Waals surface area contributed by atoms with E-state index in [-0.39, 0.29) is 10.9 Å². The van der Waals surface area contributed by atoms with Crippen molar-refractivity contribution in [1.29, 1.82) is 0 Å². The first-order valence-electron chi connectivity index (χ1n) is 6.90. The van der Waals surface area contributed by atoms with Gasteiger partial charge < -0.3 is 4.42 Å². The number of aryl methyl sites for hydroxylation is 1. The zero-order chi connectivity index (χ0) is 16.4. The first kappa shape index (κ1) is 15.9. The molecule has 2 aromatic heterocycles. The fourth-order valence-electron chi connectivity index (χ4n) is 2.10. The Kier molecular flexibility index (Phi) is 4.29. The Labute approximate surface area is 138 Å². The smallest absolute Gasteiger partial charge is 0.241 e. The number of hydrogen-bond acceptors (Lipinski definition) is 6. The second-order valence-electron chi connectivity index (χ2n) is 4.99. The maximum absolute atomic E-state index is 12.4. The van der Waals surface area contributed by atoms with Crippen molar-refractivity contribution in [3.63, 3.8) is 0 Å². The molecule has 0 aliphatic heterocycles. The van der Waals surface area contributed by atoms with E-state index in [1.165, 1.54) is 11.3 Å². The first-order valence-corrected chi connectivity index (χ1v) is 9.26. The van der Waals surface area contributed by atoms with Crippen LogP contribution >= 0.6 is 11.3 Å². The lowest BCUT2D eigenvalue weighted by Crippen LogP contribution is -2.26. The highest BCUT2D eigenvalue weighted by molar-refractivity contribution is 7.89. The molecular weight excluding hydrogens is 334 g/mol. The number of thiazole rings is 1. The Morgan fingerprint density at radius 2 is 2.00 bits per heavy atom. The van der Waals surface area contributed by atoms with Gasteiger partial charge in [0.05, 0.1) is 10.9 Å². The van der Waals surface area contributed by atoms with Crippen LogP contribution < -0.4 is 4.72 Å². The summed E-state index contributed by atoms with van der Waals surface area (Å²) in [5, 5.41) is 2.54. The van der Waals surface area contributed by atoms with E-state index in [9.17, 15) is 8.42 Å². The van der Waals surface area contributed by atoms with Crippen molar-refractivity contribution in [3.05, 3.63) is 53.0 Å². The normalized spacial score (nSPS) is 13.1. The second kappa shape index (κ2) is 6.23. The molecular formula is C15H15N3O3S2. The lowest BCUT2D eigenvalue weighted by molar-refractivity contribution is 0.521. The van der Waals surface area contributed by atoms with Crippen LogP contribution in [0, 0.1) is 6.92 Å². The Hall–Kier alpha value is -2.03. The summed E-state index contributed by atoms with van der Waals surface area (Å²) < 4.78 is 32.6. The van der Waals surface area contributed by atoms with E-state index in [1.54, 1.807) is 50.6 Å². The highest BCUT2D eigenvalue weighted by Gasteiger charge is 2.19. The summed E-state index contributed by atoms with van der Waals surface area (Å²) in [7, 11) is -3.61. The third-order valence-electron chi connectivity index (χ3n) is 3.23. The van der Waals surface area contributed by atoms with Crippen LogP contribution in [-0.4, -0.2) is 18.4 Å². The van der Waals surface area contributed by atoms with E-state index in [4.69, 9.17) is 4.42 Å². The van der Waals surface area contributed by atoms with Crippen LogP contribution in [-0.2, 0) is 10.0 Å². The molecule has 0 amide bonds. The topological polar surface area (TPSA) is 85.1 Å². The Bertz CT molecular complexity index is 884. The lowest BCUT2D eigenvalue weighted by atomic mass is 10.2. The van der Waals surface area contributed by atoms with E-state index in [0.29, 0.717) is 11.6 Å². The van der Waals surface area contributed by atoms with Gasteiger partial charge in [-0.25, -0.2) is 23.1 Å². The number of oxazole rings is 1. The van der Waals surface area contributed by atoms with Gasteiger partial charge in [0.2, 0.25) is 10.0 Å². The van der Waals surface area contributed by atoms with Crippen LogP contribution in [0.15, 0.2) is 51.4 Å². The zero-order valence-corrected chi connectivity index (χ0v) is 14.2. The second-order valence-corrected chi connectivity index (χ2v) is 7.63. The molecule has 3 aromatic rings. The van der Waals surface area contributed by atoms with Gasteiger partial charge in [0.1, 0.15) is 17.0 Å². The monoisotopic (exact) mass is 349 g/mol. The van der Waals surface area contributed by atoms with Crippen molar-refractivity contribution >= 4 is 21.4 Å². The molecule has 0 radical (unpaired) electrons. The largest absolute Gasteiger partial charge is 0.449 e. The van der Waals surface area contributed by atoms with Crippen LogP contribution in [0.3, 0.4) is 0 Å². The quantitative estimate of drug-likeness (QED) is 0.765. The van der Waals surface area contributed by atoms with Crippen molar-refractivity contribution in [3.8, 4) is 11.3 Å². The standard InChI is InChI=1S/C15H15N3O3S2/c1-10(15-16-7-8-22-15)18-23(19,20)13-5-3-12(4-6-13)14-9-21-11(2)17-14/h3-10,18H,1-2H3/t10-/m0/s1. The minimum absolute atomic E-state index is 0.199. The van der Waals surface area contributed by atoms with E-state index >= 15 is 0 Å². The molecule has 0 aliphatic rings. The molecule has 6 nitrogen and oxygen atoms in total. The Morgan fingerprint density at radius 3 is 2.57 bits per heavy atom. The number of rotatable bonds is 5. The van der Waals surface area contributed by atoms with Crippen LogP contribution in [0.5, 0.6) is 0 Å². The summed E-state index contributed by atoms with van der Waals surface area (Å²) in [6.45, 7) is 3.52. The van der Waals surface area contributed by atoms with Gasteiger partial charge in [-0.15, -0.1) is 11.3 Å². The predicted molar refractivity (Wildman–Crippen MR) is 87.5 cm³/mol. The van der Waals surface area contributed by atoms with Crippen molar-refractivity contribution in [1.82, 2.24) is 14.7 Å². The summed E-state index contributed by atoms with van der Waals surface area (Å²) in [5.74, 6) is 0.565. The van der Waals surface area contributed by atoms with Crippen LogP contribution in [0.2, 0.25) is 0 Å². The van der Waals surface area contributed by atoms with Crippen molar-refractivity contribution in [2.24, 2.45) is 0 Å². The zero-order valence-electron chi connectivity index (χ0n) is 12.6. The van der Waals surface area contributed by atoms with Crippen LogP contribution in [0.1, 0.15) is 23.9 Å². The van der Waals surface area contributed by atoms with Crippen LogP contribution in [0.4, 0.5) is 0 Å². The van der Waals surface area contributed by atoms with E-state index in [1.807, 2.05) is 5.38 Å². The van der Waals surface area contributed by atoms with Gasteiger partial charge in [-0.2, -0.15) is 0 Å². The highest BCUT2D eigenvalue weighted by Crippen LogP contribution is 2.22. The van der Waals surface area contributed by atoms with Crippen molar-refractivity contribution in [2.75, 3.05) is 0 Å². The number of hydrogen-bond donors (Lipinski definition) is 1. The van der Waals surface area contributed by atoms with E-state index in [0.717, 1.165) is 10.6 Å². The molecule has 0 saturated carbocycles. The molecule has 8 heteroatoms. The van der Waals surface area contributed by atoms with Gasteiger partial charge >= 0.3 is 0 Å². The molecule has 1 aromatic carbocycles. The molecule has 120 valence electrons. The van der Waals surface area contributed by atoms with Gasteiger partial charge in [0.25, 0.3) is 0 Å². The van der Waals surface area contributed by atoms with Crippen molar-refractivity contribution < 1.29 is 12.8 Å². The Morgan fingerprint density at radius 1 is 1.26 bits per heavy atom. The average Bonchev–Trinajstić information content (AvgIpc) is 3.18. The van der Waals surface area contributed by atoms with Gasteiger partial charge in [-0.3, -0.25) is 0 Å². The molecule has 1 N–H and O–H groups in total. The molecule has 0 fully saturated rings. The average molecular weight is 349 g/mol. The maximum atomic E-state index is 12.4. The molecule has 0 bridgehead atoms. The molecule has 3 rings (SSSR count). The molecule has 0 saturated heterocycles. The first-order chi connectivity index (χ1) is 11.0. The third-order valence-corrected chi connectivity index (χ3v) is 5.75. The number of nitrogens with one attached hydrogen (secondary N) is 1. The third kappa shape index (κ3) is 3.49. The number of nitrogens with zero attached hydrogens (tertiary/aromatic N) is 2. The lowest BCUT2D eigenvalue weighted by Gasteiger charge is -2.12. The molecule has 0 aliphatic carbocycles. The number of benzene rings is 1. The minimum atomic E-state index is -3.61. The summed E-state index contributed by atoms with van der Waals surface area (Å²) in [6.07, 6.45) is 3.20. The number of sulfonamides is 1. The van der Waals surface area contributed by atoms with Gasteiger partial charge in [0, 0.05) is 24.1 Å². The summed E-state index contributed by atoms with van der Waals surface area (Å²) in [5.41, 5.74) is 1.48. The highest BCUT2D eigenvalue weighted by atomic mass is 32.2. The van der Waals surface area contributed by atoms with E-state index < -0.39 is 10.0 Å². The minimum Gasteiger partial charge on any atom is -0.449 e. The molecule has 1 atom stereocenters. The number of aromatic nitrogens is 2. The fourth-order valence-corrected chi connectivity index (χ4v) is 4.03. The van der Waals surface area contributed by atoms with Crippen LogP contribution in [0.25, 0.3) is 11.3 Å². The molecule has 2 heterocycles. The van der Waals surface area contributed by atoms with Gasteiger partial charge in [-0.05, 0) is 19.1 Å². The van der Waals surface area contributed by atoms with Gasteiger partial charge in [-0.1, -0.05) is 12.1 Å². The van der Waals surface area contributed by atoms with Crippen molar-refractivity contribution in [2.45, 2.75) is 24.8 Å². The molecule has 0 unspecified atom stereocenters. The maximum Gasteiger partial charge on any atom is 0.241 e. The van der Waals surface area contributed by atoms with Gasteiger partial charge in [0.15, 0.2) is 5.89 Å². The molecule has 0 spiro atoms. The van der Waals surface area contributed by atoms with E-state index in [2.05, 4.69) is 14.7 Å². The Balaban J connectivity index is 1.80. The SMILES string of the molecule is Cc1nc(-c2ccc(S(=O)(=O)N[C@@H](C)c3nccs3)cc2)co1.